The van der Waals surface area contributed by atoms with Gasteiger partial charge in [0.15, 0.2) is 0 Å². The molecule has 7 nitrogen and oxygen atoms in total. The molecular formula is C21H22FN5O2. The van der Waals surface area contributed by atoms with Gasteiger partial charge in [-0.25, -0.2) is 14.2 Å². The van der Waals surface area contributed by atoms with Gasteiger partial charge < -0.3 is 0 Å². The lowest BCUT2D eigenvalue weighted by atomic mass is 10.1. The molecule has 3 aromatic rings. The van der Waals surface area contributed by atoms with Crippen LogP contribution in [0.2, 0.25) is 0 Å². The van der Waals surface area contributed by atoms with Gasteiger partial charge in [0.2, 0.25) is 0 Å². The Kier molecular flexibility index (Phi) is 5.00. The van der Waals surface area contributed by atoms with Gasteiger partial charge in [0.25, 0.3) is 5.56 Å². The van der Waals surface area contributed by atoms with Gasteiger partial charge in [-0.1, -0.05) is 25.5 Å². The van der Waals surface area contributed by atoms with Crippen molar-refractivity contribution in [3.8, 4) is 0 Å². The van der Waals surface area contributed by atoms with Gasteiger partial charge in [-0.3, -0.25) is 18.6 Å². The van der Waals surface area contributed by atoms with E-state index in [1.807, 2.05) is 19.2 Å². The number of nitrogens with zero attached hydrogens (tertiary/aromatic N) is 5. The number of fused-ring (bicyclic) bond motifs is 1. The molecule has 0 spiro atoms. The monoisotopic (exact) mass is 395 g/mol. The Morgan fingerprint density at radius 2 is 2.07 bits per heavy atom. The molecule has 0 bridgehead atoms. The minimum absolute atomic E-state index is 0.262. The van der Waals surface area contributed by atoms with Crippen LogP contribution in [0, 0.1) is 5.82 Å². The van der Waals surface area contributed by atoms with Crippen LogP contribution in [-0.2, 0) is 26.6 Å². The van der Waals surface area contributed by atoms with Crippen molar-refractivity contribution in [1.29, 1.82) is 0 Å². The van der Waals surface area contributed by atoms with Crippen LogP contribution in [0.5, 0.6) is 0 Å². The van der Waals surface area contributed by atoms with Crippen molar-refractivity contribution in [3.63, 3.8) is 0 Å². The summed E-state index contributed by atoms with van der Waals surface area (Å²) in [5.74, 6) is 0.131. The van der Waals surface area contributed by atoms with Crippen molar-refractivity contribution in [1.82, 2.24) is 18.9 Å². The maximum atomic E-state index is 13.4. The molecule has 29 heavy (non-hydrogen) atoms. The number of benzene rings is 1. The van der Waals surface area contributed by atoms with E-state index < -0.39 is 0 Å². The summed E-state index contributed by atoms with van der Waals surface area (Å²) >= 11 is 0. The molecule has 0 unspecified atom stereocenters. The molecular weight excluding hydrogens is 373 g/mol. The van der Waals surface area contributed by atoms with E-state index in [1.54, 1.807) is 24.0 Å². The number of aromatic nitrogens is 4. The first-order valence-electron chi connectivity index (χ1n) is 9.65. The zero-order valence-electron chi connectivity index (χ0n) is 16.4. The SMILES string of the molecule is CCCCn1c(=O)c2c(n(C)c1=O)N=C(c1cnn(Cc3cccc(F)c3)c1)C2. The average molecular weight is 395 g/mol. The maximum absolute atomic E-state index is 13.4. The highest BCUT2D eigenvalue weighted by molar-refractivity contribution is 6.05. The summed E-state index contributed by atoms with van der Waals surface area (Å²) in [7, 11) is 1.64. The van der Waals surface area contributed by atoms with Crippen molar-refractivity contribution in [2.24, 2.45) is 12.0 Å². The lowest BCUT2D eigenvalue weighted by Gasteiger charge is -2.09. The third-order valence-electron chi connectivity index (χ3n) is 5.13. The molecule has 8 heteroatoms. The predicted octanol–water partition coefficient (Wildman–Crippen LogP) is 2.41. The molecule has 1 aliphatic rings. The molecule has 3 heterocycles. The first-order valence-corrected chi connectivity index (χ1v) is 9.65. The number of rotatable bonds is 6. The van der Waals surface area contributed by atoms with E-state index in [9.17, 15) is 14.0 Å². The molecule has 1 aromatic carbocycles. The molecule has 150 valence electrons. The minimum atomic E-state index is -0.339. The van der Waals surface area contributed by atoms with Crippen LogP contribution in [0.25, 0.3) is 0 Å². The summed E-state index contributed by atoms with van der Waals surface area (Å²) in [4.78, 5) is 29.9. The van der Waals surface area contributed by atoms with Crippen LogP contribution in [-0.4, -0.2) is 24.6 Å². The first kappa shape index (κ1) is 19.0. The minimum Gasteiger partial charge on any atom is -0.281 e. The molecule has 0 N–H and O–H groups in total. The topological polar surface area (TPSA) is 74.2 Å². The Morgan fingerprint density at radius 1 is 1.24 bits per heavy atom. The van der Waals surface area contributed by atoms with E-state index in [4.69, 9.17) is 0 Å². The molecule has 0 saturated carbocycles. The summed E-state index contributed by atoms with van der Waals surface area (Å²) in [6.07, 6.45) is 5.54. The molecule has 1 aliphatic heterocycles. The van der Waals surface area contributed by atoms with Gasteiger partial charge >= 0.3 is 5.69 Å². The summed E-state index contributed by atoms with van der Waals surface area (Å²) in [5, 5.41) is 4.33. The summed E-state index contributed by atoms with van der Waals surface area (Å²) in [6, 6.07) is 6.37. The third kappa shape index (κ3) is 3.57. The summed E-state index contributed by atoms with van der Waals surface area (Å²) < 4.78 is 17.8. The molecule has 0 atom stereocenters. The van der Waals surface area contributed by atoms with Crippen LogP contribution in [0.1, 0.15) is 36.5 Å². The lowest BCUT2D eigenvalue weighted by molar-refractivity contribution is 0.555. The fourth-order valence-electron chi connectivity index (χ4n) is 3.55. The first-order chi connectivity index (χ1) is 14.0. The molecule has 0 radical (unpaired) electrons. The number of hydrogen-bond acceptors (Lipinski definition) is 4. The van der Waals surface area contributed by atoms with Crippen molar-refractivity contribution in [3.05, 3.63) is 80.0 Å². The molecule has 2 aromatic heterocycles. The second-order valence-corrected chi connectivity index (χ2v) is 7.25. The van der Waals surface area contributed by atoms with E-state index in [2.05, 4.69) is 10.1 Å². The maximum Gasteiger partial charge on any atom is 0.332 e. The van der Waals surface area contributed by atoms with Gasteiger partial charge in [-0.2, -0.15) is 5.10 Å². The highest BCUT2D eigenvalue weighted by Gasteiger charge is 2.25. The second kappa shape index (κ2) is 7.62. The molecule has 0 aliphatic carbocycles. The summed E-state index contributed by atoms with van der Waals surface area (Å²) in [6.45, 7) is 2.86. The largest absolute Gasteiger partial charge is 0.332 e. The fourth-order valence-corrected chi connectivity index (χ4v) is 3.55. The highest BCUT2D eigenvalue weighted by Crippen LogP contribution is 2.24. The number of unbranched alkanes of at least 4 members (excludes halogenated alkanes) is 1. The van der Waals surface area contributed by atoms with Crippen LogP contribution >= 0.6 is 0 Å². The third-order valence-corrected chi connectivity index (χ3v) is 5.13. The van der Waals surface area contributed by atoms with Gasteiger partial charge in [-0.05, 0) is 24.1 Å². The van der Waals surface area contributed by atoms with Crippen LogP contribution < -0.4 is 11.2 Å². The van der Waals surface area contributed by atoms with Gasteiger partial charge in [0, 0.05) is 31.8 Å². The quantitative estimate of drug-likeness (QED) is 0.643. The fraction of sp³-hybridized carbons (Fsp3) is 0.333. The van der Waals surface area contributed by atoms with Gasteiger partial charge in [0.1, 0.15) is 11.6 Å². The van der Waals surface area contributed by atoms with Crippen molar-refractivity contribution in [2.45, 2.75) is 39.3 Å². The smallest absolute Gasteiger partial charge is 0.281 e. The Morgan fingerprint density at radius 3 is 2.83 bits per heavy atom. The zero-order valence-corrected chi connectivity index (χ0v) is 16.4. The summed E-state index contributed by atoms with van der Waals surface area (Å²) in [5.41, 5.74) is 2.22. The van der Waals surface area contributed by atoms with Crippen LogP contribution in [0.4, 0.5) is 10.2 Å². The standard InChI is InChI=1S/C21H22FN5O2/c1-3-4-8-27-20(28)17-10-18(24-19(17)25(2)21(27)29)15-11-23-26(13-15)12-14-6-5-7-16(22)9-14/h5-7,9,11,13H,3-4,8,10,12H2,1-2H3. The number of halogens is 1. The molecule has 0 amide bonds. The second-order valence-electron chi connectivity index (χ2n) is 7.25. The Balaban J connectivity index is 1.62. The zero-order chi connectivity index (χ0) is 20.5. The van der Waals surface area contributed by atoms with Crippen LogP contribution in [0.15, 0.2) is 51.2 Å². The van der Waals surface area contributed by atoms with Crippen LogP contribution in [0.3, 0.4) is 0 Å². The normalized spacial score (nSPS) is 12.9. The average Bonchev–Trinajstić information content (AvgIpc) is 3.34. The van der Waals surface area contributed by atoms with Gasteiger partial charge in [-0.15, -0.1) is 0 Å². The van der Waals surface area contributed by atoms with Crippen molar-refractivity contribution in [2.75, 3.05) is 0 Å². The van der Waals surface area contributed by atoms with Gasteiger partial charge in [0.05, 0.1) is 24.0 Å². The van der Waals surface area contributed by atoms with E-state index in [0.29, 0.717) is 36.6 Å². The Bertz CT molecular complexity index is 1220. The lowest BCUT2D eigenvalue weighted by Crippen LogP contribution is -2.40. The van der Waals surface area contributed by atoms with E-state index in [-0.39, 0.29) is 17.1 Å². The predicted molar refractivity (Wildman–Crippen MR) is 108 cm³/mol. The Labute approximate surface area is 166 Å². The molecule has 4 rings (SSSR count). The van der Waals surface area contributed by atoms with E-state index in [0.717, 1.165) is 24.0 Å². The van der Waals surface area contributed by atoms with Crippen molar-refractivity contribution < 1.29 is 4.39 Å². The highest BCUT2D eigenvalue weighted by atomic mass is 19.1. The Hall–Kier alpha value is -3.29. The number of hydrogen-bond donors (Lipinski definition) is 0. The molecule has 0 fully saturated rings. The molecule has 0 saturated heterocycles. The van der Waals surface area contributed by atoms with Crippen molar-refractivity contribution >= 4 is 11.5 Å². The van der Waals surface area contributed by atoms with E-state index in [1.165, 1.54) is 21.3 Å². The van der Waals surface area contributed by atoms with E-state index >= 15 is 0 Å². The number of aliphatic imine (C=N–C) groups is 1.